The number of nitrogens with zero attached hydrogens (tertiary/aromatic N) is 4. The minimum Gasteiger partial charge on any atom is -0.508 e. The summed E-state index contributed by atoms with van der Waals surface area (Å²) < 4.78 is 101. The molecule has 0 radical (unpaired) electrons. The van der Waals surface area contributed by atoms with Crippen molar-refractivity contribution in [2.24, 2.45) is 0 Å². The number of phenolic OH excluding ortho intramolecular Hbond substituents is 1. The third-order valence-corrected chi connectivity index (χ3v) is 21.8. The Hall–Kier alpha value is -14.1. The van der Waals surface area contributed by atoms with Crippen molar-refractivity contribution in [1.29, 1.82) is 0 Å². The van der Waals surface area contributed by atoms with E-state index >= 15 is 0 Å². The highest BCUT2D eigenvalue weighted by Gasteiger charge is 2.42. The number of anilines is 8. The number of phenols is 1. The summed E-state index contributed by atoms with van der Waals surface area (Å²) in [4.78, 5) is 61.2. The fraction of sp³-hybridized carbons (Fsp3) is 0.125. The van der Waals surface area contributed by atoms with Crippen molar-refractivity contribution in [2.45, 2.75) is 23.7 Å². The molecular formula is C96H75BrF4N4O13. The Balaban J connectivity index is 0.000000123. The number of methoxy groups -OCH3 is 4. The van der Waals surface area contributed by atoms with Crippen LogP contribution in [0.1, 0.15) is 68.2 Å². The fourth-order valence-corrected chi connectivity index (χ4v) is 16.0. The molecule has 14 aromatic carbocycles. The minimum absolute atomic E-state index is 0.207. The first-order valence-corrected chi connectivity index (χ1v) is 38.1. The van der Waals surface area contributed by atoms with Crippen molar-refractivity contribution in [2.75, 3.05) is 76.2 Å². The van der Waals surface area contributed by atoms with Gasteiger partial charge in [0.25, 0.3) is 0 Å². The van der Waals surface area contributed by atoms with Gasteiger partial charge < -0.3 is 62.6 Å². The lowest BCUT2D eigenvalue weighted by atomic mass is 9.84. The summed E-state index contributed by atoms with van der Waals surface area (Å²) in [5.74, 6) is -8.27. The molecular weight excluding hydrogens is 1570 g/mol. The average molecular weight is 1650 g/mol. The third kappa shape index (κ3) is 15.4. The van der Waals surface area contributed by atoms with Crippen LogP contribution in [0.5, 0.6) is 51.7 Å². The Morgan fingerprint density at radius 2 is 0.686 bits per heavy atom. The summed E-state index contributed by atoms with van der Waals surface area (Å²) in [7, 11) is 13.8. The summed E-state index contributed by atoms with van der Waals surface area (Å²) in [6, 6.07) is 83.5. The van der Waals surface area contributed by atoms with Gasteiger partial charge in [-0.15, -0.1) is 0 Å². The van der Waals surface area contributed by atoms with E-state index in [9.17, 15) is 41.8 Å². The largest absolute Gasteiger partial charge is 0.508 e. The van der Waals surface area contributed by atoms with Crippen molar-refractivity contribution in [3.05, 3.63) is 351 Å². The molecule has 17 nitrogen and oxygen atoms in total. The van der Waals surface area contributed by atoms with Crippen molar-refractivity contribution in [1.82, 2.24) is 0 Å². The molecule has 592 valence electrons. The number of para-hydroxylation sites is 5. The van der Waals surface area contributed by atoms with Gasteiger partial charge in [-0.1, -0.05) is 162 Å². The van der Waals surface area contributed by atoms with Crippen LogP contribution in [0.4, 0.5) is 63.1 Å². The van der Waals surface area contributed by atoms with E-state index in [1.54, 1.807) is 49.4 Å². The number of fused-ring (bicyclic) bond motifs is 10. The Morgan fingerprint density at radius 1 is 0.314 bits per heavy atom. The fourth-order valence-electron chi connectivity index (χ4n) is 15.6. The molecule has 0 aliphatic carbocycles. The zero-order valence-electron chi connectivity index (χ0n) is 64.9. The van der Waals surface area contributed by atoms with E-state index in [0.717, 1.165) is 105 Å². The molecule has 1 N–H and O–H groups in total. The summed E-state index contributed by atoms with van der Waals surface area (Å²) in [6.07, 6.45) is 0. The molecule has 0 saturated carbocycles. The number of carbonyl (C=O) groups excluding carboxylic acids is 4. The Morgan fingerprint density at radius 3 is 1.18 bits per heavy atom. The van der Waals surface area contributed by atoms with Gasteiger partial charge in [-0.05, 0) is 176 Å². The van der Waals surface area contributed by atoms with Gasteiger partial charge in [0.1, 0.15) is 63.9 Å². The number of hydrogen-bond acceptors (Lipinski definition) is 17. The van der Waals surface area contributed by atoms with Crippen LogP contribution in [0, 0.1) is 23.3 Å². The van der Waals surface area contributed by atoms with Crippen LogP contribution in [0.25, 0.3) is 21.5 Å². The molecule has 18 rings (SSSR count). The molecule has 4 heterocycles. The van der Waals surface area contributed by atoms with Crippen LogP contribution in [-0.2, 0) is 19.2 Å². The molecule has 0 spiro atoms. The number of benzene rings is 14. The van der Waals surface area contributed by atoms with Crippen molar-refractivity contribution >= 4 is 107 Å². The molecule has 0 fully saturated rings. The summed E-state index contributed by atoms with van der Waals surface area (Å²) in [6.45, 7) is 0. The van der Waals surface area contributed by atoms with Gasteiger partial charge in [0, 0.05) is 96.2 Å². The van der Waals surface area contributed by atoms with Crippen LogP contribution >= 0.6 is 15.9 Å². The van der Waals surface area contributed by atoms with Gasteiger partial charge in [0.2, 0.25) is 11.6 Å². The molecule has 0 aromatic heterocycles. The number of rotatable bonds is 12. The van der Waals surface area contributed by atoms with Gasteiger partial charge in [-0.3, -0.25) is 19.2 Å². The molecule has 0 saturated heterocycles. The third-order valence-electron chi connectivity index (χ3n) is 21.3. The number of halogens is 5. The number of ether oxygens (including phenoxy) is 8. The van der Waals surface area contributed by atoms with Gasteiger partial charge in [-0.25, -0.2) is 13.2 Å². The highest BCUT2D eigenvalue weighted by Crippen LogP contribution is 2.55. The standard InChI is InChI=1S/C26H21NO3.C25H18BrNO2.C24H20F3NO5.C21H16FNO3/c1-27-23-10-6-5-9-21(23)25(22-14-13-19(29-2)16-24(22)27)26(28)30-20-12-11-17-7-3-4-8-18(17)15-20;1-27-22-8-4-2-6-20(22)24(21-7-3-5-9-23(21)27)25(28)29-19-13-11-16-14-18(26)12-10-17(16)15-19;1-28-16-11-12(30-2)5-6-13(16)19(20-17(31-3)9-10-18(32-4)22(20)28)24(29)33-23-15(26)8-7-14(25)21(23)27;1-23-17-8-4-2-6-14(17)20(15-7-3-5-9-18(15)23)21(25)26-19-11-10-13(24)12-16(19)22/h3-16,25H,1-2H3;2-15,24H,1H3;5-11,19H,1-4H3;2-12,20,24H,1H3. The Kier molecular flexibility index (Phi) is 22.6. The zero-order chi connectivity index (χ0) is 82.7. The predicted octanol–water partition coefficient (Wildman–Crippen LogP) is 21.4. The minimum atomic E-state index is -1.59. The van der Waals surface area contributed by atoms with E-state index in [2.05, 4.69) is 25.7 Å². The molecule has 4 aliphatic heterocycles. The molecule has 14 aromatic rings. The predicted molar refractivity (Wildman–Crippen MR) is 450 cm³/mol. The molecule has 22 heteroatoms. The second kappa shape index (κ2) is 33.7. The van der Waals surface area contributed by atoms with Crippen LogP contribution in [0.2, 0.25) is 0 Å². The topological polar surface area (TPSA) is 175 Å². The van der Waals surface area contributed by atoms with E-state index in [0.29, 0.717) is 63.4 Å². The van der Waals surface area contributed by atoms with E-state index < -0.39 is 64.6 Å². The Bertz CT molecular complexity index is 6170. The first kappa shape index (κ1) is 79.1. The van der Waals surface area contributed by atoms with Crippen LogP contribution < -0.4 is 57.5 Å². The molecule has 0 bridgehead atoms. The SMILES string of the molecule is CN1c2ccccc2C(C(=O)Oc2ccc(O)cc2F)c2ccccc21.CN1c2ccccc2C(C(=O)Oc2ccc3cc(Br)ccc3c2)c2ccccc21.COc1ccc2c(c1)N(C)c1c(OC)ccc(OC)c1C2C(=O)Oc1c(F)ccc(F)c1F.COc1ccc2c(c1)N(C)c1ccccc1C2C(=O)Oc1ccc2ccccc2c1. The molecule has 2 unspecified atom stereocenters. The van der Waals surface area contributed by atoms with Crippen molar-refractivity contribution in [3.8, 4) is 51.7 Å². The lowest BCUT2D eigenvalue weighted by Gasteiger charge is -2.36. The highest BCUT2D eigenvalue weighted by molar-refractivity contribution is 9.10. The average Bonchev–Trinajstić information content (AvgIpc) is 0.757. The van der Waals surface area contributed by atoms with E-state index in [-0.39, 0.29) is 23.4 Å². The maximum Gasteiger partial charge on any atom is 0.323 e. The lowest BCUT2D eigenvalue weighted by Crippen LogP contribution is -2.30. The maximum atomic E-state index is 14.2. The van der Waals surface area contributed by atoms with Gasteiger partial charge in [-0.2, -0.15) is 4.39 Å². The first-order valence-electron chi connectivity index (χ1n) is 37.3. The summed E-state index contributed by atoms with van der Waals surface area (Å²) >= 11 is 3.49. The second-order valence-corrected chi connectivity index (χ2v) is 28.9. The molecule has 118 heavy (non-hydrogen) atoms. The zero-order valence-corrected chi connectivity index (χ0v) is 66.5. The highest BCUT2D eigenvalue weighted by atomic mass is 79.9. The van der Waals surface area contributed by atoms with E-state index in [1.807, 2.05) is 244 Å². The van der Waals surface area contributed by atoms with Crippen LogP contribution in [0.15, 0.2) is 284 Å². The maximum absolute atomic E-state index is 14.2. The van der Waals surface area contributed by atoms with Crippen molar-refractivity contribution in [3.63, 3.8) is 0 Å². The monoisotopic (exact) mass is 1650 g/mol. The Labute approximate surface area is 685 Å². The van der Waals surface area contributed by atoms with Crippen molar-refractivity contribution < 1.29 is 79.7 Å². The number of esters is 4. The summed E-state index contributed by atoms with van der Waals surface area (Å²) in [5.41, 5.74) is 13.1. The van der Waals surface area contributed by atoms with Gasteiger partial charge in [0.15, 0.2) is 23.2 Å². The number of carbonyl (C=O) groups is 4. The smallest absolute Gasteiger partial charge is 0.323 e. The van der Waals surface area contributed by atoms with Gasteiger partial charge >= 0.3 is 23.9 Å². The lowest BCUT2D eigenvalue weighted by molar-refractivity contribution is -0.136. The van der Waals surface area contributed by atoms with Gasteiger partial charge in [0.05, 0.1) is 34.1 Å². The second-order valence-electron chi connectivity index (χ2n) is 28.0. The number of aromatic hydroxyl groups is 1. The quantitative estimate of drug-likeness (QED) is 0.0529. The molecule has 2 atom stereocenters. The molecule has 4 aliphatic rings. The van der Waals surface area contributed by atoms with Crippen LogP contribution in [-0.4, -0.2) is 85.6 Å². The summed E-state index contributed by atoms with van der Waals surface area (Å²) in [5, 5.41) is 13.6. The van der Waals surface area contributed by atoms with E-state index in [4.69, 9.17) is 37.9 Å². The van der Waals surface area contributed by atoms with E-state index in [1.165, 1.54) is 33.5 Å². The normalized spacial score (nSPS) is 13.8. The number of hydrogen-bond donors (Lipinski definition) is 1. The van der Waals surface area contributed by atoms with Crippen LogP contribution in [0.3, 0.4) is 0 Å². The molecule has 0 amide bonds. The first-order chi connectivity index (χ1) is 57.1.